The number of thiocarbonyl (C=S) groups is 1. The monoisotopic (exact) mass is 338 g/mol. The molecule has 1 aliphatic heterocycles. The number of halogens is 1. The van der Waals surface area contributed by atoms with Crippen LogP contribution in [-0.2, 0) is 0 Å². The van der Waals surface area contributed by atoms with E-state index in [0.29, 0.717) is 4.99 Å². The lowest BCUT2D eigenvalue weighted by Crippen LogP contribution is -2.34. The fraction of sp³-hybridized carbons (Fsp3) is 0.533. The minimum atomic E-state index is 0.462. The largest absolute Gasteiger partial charge is 0.389 e. The molecule has 1 saturated carbocycles. The number of benzene rings is 1. The second-order valence-corrected chi connectivity index (χ2v) is 6.92. The van der Waals surface area contributed by atoms with Gasteiger partial charge in [0.15, 0.2) is 0 Å². The van der Waals surface area contributed by atoms with Gasteiger partial charge in [-0.15, -0.1) is 0 Å². The standard InChI is InChI=1S/C15H19BrN2S/c16-12-9-11(15(17)19)5-6-14(12)18-8-7-10-3-1-2-4-13(10)18/h5-6,9-10,13H,1-4,7-8H2,(H2,17,19). The van der Waals surface area contributed by atoms with E-state index in [9.17, 15) is 0 Å². The molecule has 102 valence electrons. The molecule has 2 atom stereocenters. The van der Waals surface area contributed by atoms with E-state index in [2.05, 4.69) is 26.9 Å². The van der Waals surface area contributed by atoms with Crippen molar-refractivity contribution in [3.8, 4) is 0 Å². The van der Waals surface area contributed by atoms with Crippen LogP contribution >= 0.6 is 28.1 Å². The van der Waals surface area contributed by atoms with Crippen LogP contribution in [0.4, 0.5) is 5.69 Å². The molecule has 0 aromatic heterocycles. The van der Waals surface area contributed by atoms with E-state index in [1.165, 1.54) is 44.3 Å². The van der Waals surface area contributed by atoms with Crippen molar-refractivity contribution in [2.75, 3.05) is 11.4 Å². The molecule has 0 amide bonds. The molecule has 2 aliphatic rings. The first-order chi connectivity index (χ1) is 9.16. The normalized spacial score (nSPS) is 26.3. The maximum Gasteiger partial charge on any atom is 0.104 e. The van der Waals surface area contributed by atoms with Gasteiger partial charge in [-0.25, -0.2) is 0 Å². The van der Waals surface area contributed by atoms with E-state index < -0.39 is 0 Å². The van der Waals surface area contributed by atoms with Gasteiger partial charge < -0.3 is 10.6 Å². The number of nitrogens with zero attached hydrogens (tertiary/aromatic N) is 1. The number of hydrogen-bond acceptors (Lipinski definition) is 2. The highest BCUT2D eigenvalue weighted by Gasteiger charge is 2.36. The van der Waals surface area contributed by atoms with Crippen molar-refractivity contribution in [3.05, 3.63) is 28.2 Å². The van der Waals surface area contributed by atoms with Gasteiger partial charge in [-0.3, -0.25) is 0 Å². The summed E-state index contributed by atoms with van der Waals surface area (Å²) in [6, 6.07) is 6.99. The summed E-state index contributed by atoms with van der Waals surface area (Å²) in [5.74, 6) is 0.899. The Morgan fingerprint density at radius 1 is 1.26 bits per heavy atom. The Morgan fingerprint density at radius 2 is 2.05 bits per heavy atom. The van der Waals surface area contributed by atoms with Gasteiger partial charge in [0.2, 0.25) is 0 Å². The third kappa shape index (κ3) is 2.52. The third-order valence-corrected chi connectivity index (χ3v) is 5.42. The lowest BCUT2D eigenvalue weighted by atomic mass is 9.85. The van der Waals surface area contributed by atoms with Crippen LogP contribution in [0.5, 0.6) is 0 Å². The molecule has 19 heavy (non-hydrogen) atoms. The average molecular weight is 339 g/mol. The Labute approximate surface area is 128 Å². The van der Waals surface area contributed by atoms with Crippen molar-refractivity contribution in [1.29, 1.82) is 0 Å². The summed E-state index contributed by atoms with van der Waals surface area (Å²) in [6.07, 6.45) is 6.88. The van der Waals surface area contributed by atoms with Gasteiger partial charge in [0.1, 0.15) is 4.99 Å². The molecule has 0 radical (unpaired) electrons. The first-order valence-corrected chi connectivity index (χ1v) is 8.23. The maximum atomic E-state index is 5.69. The molecule has 1 aliphatic carbocycles. The molecule has 1 saturated heterocycles. The van der Waals surface area contributed by atoms with Crippen molar-refractivity contribution in [3.63, 3.8) is 0 Å². The quantitative estimate of drug-likeness (QED) is 0.830. The van der Waals surface area contributed by atoms with E-state index in [1.54, 1.807) is 0 Å². The van der Waals surface area contributed by atoms with Crippen LogP contribution < -0.4 is 10.6 Å². The zero-order valence-electron chi connectivity index (χ0n) is 10.9. The average Bonchev–Trinajstić information content (AvgIpc) is 2.82. The van der Waals surface area contributed by atoms with E-state index in [4.69, 9.17) is 18.0 Å². The van der Waals surface area contributed by atoms with Gasteiger partial charge in [-0.05, 0) is 59.3 Å². The Morgan fingerprint density at radius 3 is 2.79 bits per heavy atom. The van der Waals surface area contributed by atoms with Crippen LogP contribution in [0.1, 0.15) is 37.7 Å². The van der Waals surface area contributed by atoms with E-state index >= 15 is 0 Å². The van der Waals surface area contributed by atoms with Crippen molar-refractivity contribution in [2.45, 2.75) is 38.1 Å². The molecule has 1 heterocycles. The molecule has 4 heteroatoms. The Kier molecular flexibility index (Phi) is 3.81. The van der Waals surface area contributed by atoms with Crippen molar-refractivity contribution >= 4 is 38.8 Å². The zero-order chi connectivity index (χ0) is 13.4. The Balaban J connectivity index is 1.88. The number of anilines is 1. The van der Waals surface area contributed by atoms with Gasteiger partial charge in [0.05, 0.1) is 5.69 Å². The summed E-state index contributed by atoms with van der Waals surface area (Å²) in [5.41, 5.74) is 7.92. The summed E-state index contributed by atoms with van der Waals surface area (Å²) >= 11 is 8.72. The highest BCUT2D eigenvalue weighted by atomic mass is 79.9. The van der Waals surface area contributed by atoms with Crippen LogP contribution in [-0.4, -0.2) is 17.6 Å². The molecule has 2 unspecified atom stereocenters. The smallest absolute Gasteiger partial charge is 0.104 e. The second-order valence-electron chi connectivity index (χ2n) is 5.62. The van der Waals surface area contributed by atoms with Crippen LogP contribution in [0.2, 0.25) is 0 Å². The number of rotatable bonds is 2. The van der Waals surface area contributed by atoms with Gasteiger partial charge in [-0.2, -0.15) is 0 Å². The zero-order valence-corrected chi connectivity index (χ0v) is 13.3. The maximum absolute atomic E-state index is 5.69. The molecular weight excluding hydrogens is 320 g/mol. The predicted octanol–water partition coefficient (Wildman–Crippen LogP) is 3.85. The number of nitrogens with two attached hydrogens (primary N) is 1. The summed E-state index contributed by atoms with van der Waals surface area (Å²) in [5, 5.41) is 0. The highest BCUT2D eigenvalue weighted by molar-refractivity contribution is 9.10. The van der Waals surface area contributed by atoms with Gasteiger partial charge >= 0.3 is 0 Å². The summed E-state index contributed by atoms with van der Waals surface area (Å²) in [7, 11) is 0. The number of hydrogen-bond donors (Lipinski definition) is 1. The molecule has 3 rings (SSSR count). The second kappa shape index (κ2) is 5.41. The van der Waals surface area contributed by atoms with E-state index in [-0.39, 0.29) is 0 Å². The van der Waals surface area contributed by atoms with Crippen LogP contribution in [0, 0.1) is 5.92 Å². The van der Waals surface area contributed by atoms with E-state index in [1.807, 2.05) is 12.1 Å². The van der Waals surface area contributed by atoms with Gasteiger partial charge in [0, 0.05) is 22.6 Å². The molecule has 2 nitrogen and oxygen atoms in total. The lowest BCUT2D eigenvalue weighted by Gasteiger charge is -2.33. The topological polar surface area (TPSA) is 29.3 Å². The summed E-state index contributed by atoms with van der Waals surface area (Å²) in [4.78, 5) is 3.04. The summed E-state index contributed by atoms with van der Waals surface area (Å²) in [6.45, 7) is 1.18. The minimum absolute atomic E-state index is 0.462. The summed E-state index contributed by atoms with van der Waals surface area (Å²) < 4.78 is 1.11. The molecule has 0 bridgehead atoms. The molecule has 0 spiro atoms. The van der Waals surface area contributed by atoms with Crippen LogP contribution in [0.3, 0.4) is 0 Å². The SMILES string of the molecule is NC(=S)c1ccc(N2CCC3CCCCC32)c(Br)c1. The van der Waals surface area contributed by atoms with Crippen LogP contribution in [0.15, 0.2) is 22.7 Å². The molecular formula is C15H19BrN2S. The van der Waals surface area contributed by atoms with Crippen LogP contribution in [0.25, 0.3) is 0 Å². The molecule has 1 aromatic rings. The molecule has 1 aromatic carbocycles. The fourth-order valence-corrected chi connectivity index (χ4v) is 4.33. The molecule has 2 fully saturated rings. The Hall–Kier alpha value is -0.610. The minimum Gasteiger partial charge on any atom is -0.389 e. The van der Waals surface area contributed by atoms with E-state index in [0.717, 1.165) is 22.0 Å². The van der Waals surface area contributed by atoms with Gasteiger partial charge in [0.25, 0.3) is 0 Å². The third-order valence-electron chi connectivity index (χ3n) is 4.55. The Bertz CT molecular complexity index is 503. The highest BCUT2D eigenvalue weighted by Crippen LogP contribution is 2.41. The van der Waals surface area contributed by atoms with Crippen molar-refractivity contribution < 1.29 is 0 Å². The first-order valence-electron chi connectivity index (χ1n) is 7.03. The first kappa shape index (κ1) is 13.4. The predicted molar refractivity (Wildman–Crippen MR) is 87.7 cm³/mol. The van der Waals surface area contributed by atoms with Crippen molar-refractivity contribution in [2.24, 2.45) is 11.7 Å². The van der Waals surface area contributed by atoms with Gasteiger partial charge in [-0.1, -0.05) is 25.1 Å². The number of fused-ring (bicyclic) bond motifs is 1. The molecule has 2 N–H and O–H groups in total. The lowest BCUT2D eigenvalue weighted by molar-refractivity contribution is 0.342. The fourth-order valence-electron chi connectivity index (χ4n) is 3.60. The van der Waals surface area contributed by atoms with Crippen molar-refractivity contribution in [1.82, 2.24) is 0 Å².